The Kier molecular flexibility index (Phi) is 4.78. The monoisotopic (exact) mass is 400 g/mol. The standard InChI is InChI=1S/C13H13IN4O3/c1-18(7-11-15-4-5-16-11)13(21)17-10-3-2-8(14)6-9(10)12(19)20/h2-6H,7H2,1H3,(H,15,16)(H,17,21)(H,19,20). The van der Waals surface area contributed by atoms with Crippen LogP contribution in [-0.4, -0.2) is 39.0 Å². The van der Waals surface area contributed by atoms with Crippen LogP contribution in [0.3, 0.4) is 0 Å². The minimum atomic E-state index is -1.09. The lowest BCUT2D eigenvalue weighted by Gasteiger charge is -2.17. The number of aromatic amines is 1. The Labute approximate surface area is 134 Å². The third-order valence-electron chi connectivity index (χ3n) is 2.74. The summed E-state index contributed by atoms with van der Waals surface area (Å²) in [5.41, 5.74) is 0.320. The van der Waals surface area contributed by atoms with Crippen LogP contribution < -0.4 is 5.32 Å². The molecule has 0 saturated carbocycles. The molecule has 2 rings (SSSR count). The molecule has 0 unspecified atom stereocenters. The van der Waals surface area contributed by atoms with Crippen molar-refractivity contribution in [2.45, 2.75) is 6.54 Å². The number of imidazole rings is 1. The van der Waals surface area contributed by atoms with Gasteiger partial charge in [-0.15, -0.1) is 0 Å². The van der Waals surface area contributed by atoms with Crippen LogP contribution >= 0.6 is 22.6 Å². The van der Waals surface area contributed by atoms with E-state index in [9.17, 15) is 9.59 Å². The molecular weight excluding hydrogens is 387 g/mol. The van der Waals surface area contributed by atoms with Gasteiger partial charge in [-0.3, -0.25) is 0 Å². The summed E-state index contributed by atoms with van der Waals surface area (Å²) in [7, 11) is 1.60. The van der Waals surface area contributed by atoms with Gasteiger partial charge in [0.2, 0.25) is 0 Å². The molecule has 0 radical (unpaired) electrons. The predicted molar refractivity (Wildman–Crippen MR) is 85.2 cm³/mol. The summed E-state index contributed by atoms with van der Waals surface area (Å²) >= 11 is 2.02. The van der Waals surface area contributed by atoms with Gasteiger partial charge in [-0.05, 0) is 40.8 Å². The molecule has 3 N–H and O–H groups in total. The zero-order valence-corrected chi connectivity index (χ0v) is 13.3. The van der Waals surface area contributed by atoms with Gasteiger partial charge in [0.25, 0.3) is 0 Å². The van der Waals surface area contributed by atoms with Crippen LogP contribution in [0.15, 0.2) is 30.6 Å². The molecular formula is C13H13IN4O3. The number of urea groups is 1. The predicted octanol–water partition coefficient (Wildman–Crippen LogP) is 2.38. The second kappa shape index (κ2) is 6.57. The number of hydrogen-bond donors (Lipinski definition) is 3. The average molecular weight is 400 g/mol. The van der Waals surface area contributed by atoms with Crippen LogP contribution in [0.4, 0.5) is 10.5 Å². The number of carbonyl (C=O) groups excluding carboxylic acids is 1. The SMILES string of the molecule is CN(Cc1ncc[nH]1)C(=O)Nc1ccc(I)cc1C(=O)O. The molecule has 0 aliphatic rings. The average Bonchev–Trinajstić information content (AvgIpc) is 2.93. The highest BCUT2D eigenvalue weighted by Crippen LogP contribution is 2.19. The minimum Gasteiger partial charge on any atom is -0.478 e. The number of amides is 2. The lowest BCUT2D eigenvalue weighted by atomic mass is 10.2. The summed E-state index contributed by atoms with van der Waals surface area (Å²) in [5.74, 6) is -0.439. The molecule has 110 valence electrons. The number of carbonyl (C=O) groups is 2. The maximum Gasteiger partial charge on any atom is 0.337 e. The number of anilines is 1. The highest BCUT2D eigenvalue weighted by atomic mass is 127. The highest BCUT2D eigenvalue weighted by molar-refractivity contribution is 14.1. The van der Waals surface area contributed by atoms with Crippen LogP contribution in [0, 0.1) is 3.57 Å². The van der Waals surface area contributed by atoms with Crippen molar-refractivity contribution in [3.05, 3.63) is 45.6 Å². The van der Waals surface area contributed by atoms with Gasteiger partial charge in [-0.1, -0.05) is 0 Å². The Balaban J connectivity index is 2.10. The first-order valence-electron chi connectivity index (χ1n) is 6.00. The van der Waals surface area contributed by atoms with E-state index in [2.05, 4.69) is 15.3 Å². The molecule has 2 amide bonds. The summed E-state index contributed by atoms with van der Waals surface area (Å²) in [6, 6.07) is 4.40. The topological polar surface area (TPSA) is 98.3 Å². The first kappa shape index (κ1) is 15.3. The van der Waals surface area contributed by atoms with E-state index in [1.165, 1.54) is 11.0 Å². The largest absolute Gasteiger partial charge is 0.478 e. The number of H-pyrrole nitrogens is 1. The van der Waals surface area contributed by atoms with E-state index in [0.717, 1.165) is 3.57 Å². The number of carboxylic acids is 1. The number of carboxylic acid groups (broad SMARTS) is 1. The van der Waals surface area contributed by atoms with Gasteiger partial charge in [0.1, 0.15) is 5.82 Å². The summed E-state index contributed by atoms with van der Waals surface area (Å²) in [6.07, 6.45) is 3.27. The van der Waals surface area contributed by atoms with Gasteiger partial charge in [-0.25, -0.2) is 14.6 Å². The van der Waals surface area contributed by atoms with E-state index in [-0.39, 0.29) is 11.3 Å². The number of nitrogens with one attached hydrogen (secondary N) is 2. The highest BCUT2D eigenvalue weighted by Gasteiger charge is 2.16. The van der Waals surface area contributed by atoms with Crippen molar-refractivity contribution in [3.8, 4) is 0 Å². The number of aromatic carboxylic acids is 1. The molecule has 0 aliphatic heterocycles. The minimum absolute atomic E-state index is 0.0571. The molecule has 8 heteroatoms. The Morgan fingerprint density at radius 1 is 1.48 bits per heavy atom. The number of halogens is 1. The normalized spacial score (nSPS) is 10.2. The van der Waals surface area contributed by atoms with Crippen LogP contribution in [-0.2, 0) is 6.54 Å². The molecule has 21 heavy (non-hydrogen) atoms. The van der Waals surface area contributed by atoms with Crippen molar-refractivity contribution in [2.24, 2.45) is 0 Å². The van der Waals surface area contributed by atoms with Crippen LogP contribution in [0.1, 0.15) is 16.2 Å². The molecule has 0 fully saturated rings. The smallest absolute Gasteiger partial charge is 0.337 e. The van der Waals surface area contributed by atoms with Gasteiger partial charge in [0.05, 0.1) is 17.8 Å². The molecule has 1 aromatic carbocycles. The van der Waals surface area contributed by atoms with Gasteiger partial charge < -0.3 is 20.3 Å². The Morgan fingerprint density at radius 3 is 2.86 bits per heavy atom. The molecule has 1 aromatic heterocycles. The van der Waals surface area contributed by atoms with Crippen LogP contribution in [0.2, 0.25) is 0 Å². The van der Waals surface area contributed by atoms with Crippen LogP contribution in [0.5, 0.6) is 0 Å². The van der Waals surface area contributed by atoms with Gasteiger partial charge in [-0.2, -0.15) is 0 Å². The molecule has 0 aliphatic carbocycles. The summed E-state index contributed by atoms with van der Waals surface area (Å²) in [5, 5.41) is 11.8. The first-order valence-corrected chi connectivity index (χ1v) is 7.08. The fraction of sp³-hybridized carbons (Fsp3) is 0.154. The molecule has 1 heterocycles. The number of hydrogen-bond acceptors (Lipinski definition) is 3. The maximum absolute atomic E-state index is 12.1. The van der Waals surface area contributed by atoms with Crippen molar-refractivity contribution in [1.82, 2.24) is 14.9 Å². The first-order chi connectivity index (χ1) is 9.97. The number of nitrogens with zero attached hydrogens (tertiary/aromatic N) is 2. The quantitative estimate of drug-likeness (QED) is 0.687. The van der Waals surface area contributed by atoms with Crippen molar-refractivity contribution < 1.29 is 14.7 Å². The van der Waals surface area contributed by atoms with Gasteiger partial charge in [0, 0.05) is 23.0 Å². The fourth-order valence-electron chi connectivity index (χ4n) is 1.69. The number of benzene rings is 1. The zero-order valence-electron chi connectivity index (χ0n) is 11.1. The second-order valence-electron chi connectivity index (χ2n) is 4.32. The van der Waals surface area contributed by atoms with Crippen molar-refractivity contribution in [1.29, 1.82) is 0 Å². The number of aromatic nitrogens is 2. The number of rotatable bonds is 4. The van der Waals surface area contributed by atoms with Gasteiger partial charge in [0.15, 0.2) is 0 Å². The Hall–Kier alpha value is -2.10. The molecule has 7 nitrogen and oxygen atoms in total. The van der Waals surface area contributed by atoms with E-state index in [0.29, 0.717) is 12.4 Å². The molecule has 0 bridgehead atoms. The Bertz CT molecular complexity index is 657. The Morgan fingerprint density at radius 2 is 2.24 bits per heavy atom. The van der Waals surface area contributed by atoms with Crippen molar-refractivity contribution >= 4 is 40.3 Å². The second-order valence-corrected chi connectivity index (χ2v) is 5.56. The van der Waals surface area contributed by atoms with Crippen molar-refractivity contribution in [2.75, 3.05) is 12.4 Å². The third kappa shape index (κ3) is 3.94. The van der Waals surface area contributed by atoms with E-state index in [1.807, 2.05) is 22.6 Å². The van der Waals surface area contributed by atoms with Crippen LogP contribution in [0.25, 0.3) is 0 Å². The molecule has 0 saturated heterocycles. The molecule has 2 aromatic rings. The maximum atomic E-state index is 12.1. The third-order valence-corrected chi connectivity index (χ3v) is 3.41. The zero-order chi connectivity index (χ0) is 15.4. The van der Waals surface area contributed by atoms with E-state index in [1.54, 1.807) is 31.6 Å². The van der Waals surface area contributed by atoms with E-state index in [4.69, 9.17) is 5.11 Å². The van der Waals surface area contributed by atoms with E-state index < -0.39 is 12.0 Å². The van der Waals surface area contributed by atoms with Gasteiger partial charge >= 0.3 is 12.0 Å². The summed E-state index contributed by atoms with van der Waals surface area (Å²) in [6.45, 7) is 0.297. The summed E-state index contributed by atoms with van der Waals surface area (Å²) in [4.78, 5) is 31.6. The molecule has 0 spiro atoms. The summed E-state index contributed by atoms with van der Waals surface area (Å²) < 4.78 is 0.784. The lowest BCUT2D eigenvalue weighted by molar-refractivity contribution is 0.0698. The van der Waals surface area contributed by atoms with E-state index >= 15 is 0 Å². The lowest BCUT2D eigenvalue weighted by Crippen LogP contribution is -2.31. The van der Waals surface area contributed by atoms with Crippen molar-refractivity contribution in [3.63, 3.8) is 0 Å². The molecule has 0 atom stereocenters. The fourth-order valence-corrected chi connectivity index (χ4v) is 2.19.